The first-order valence-electron chi connectivity index (χ1n) is 6.06. The zero-order valence-corrected chi connectivity index (χ0v) is 12.5. The monoisotopic (exact) mass is 360 g/mol. The third-order valence-electron chi connectivity index (χ3n) is 3.05. The lowest BCUT2D eigenvalue weighted by atomic mass is 10.1. The summed E-state index contributed by atoms with van der Waals surface area (Å²) in [6.07, 6.45) is 2.16. The van der Waals surface area contributed by atoms with Crippen molar-refractivity contribution >= 4 is 28.5 Å². The molecule has 1 saturated heterocycles. The van der Waals surface area contributed by atoms with E-state index in [1.54, 1.807) is 7.11 Å². The molecular weight excluding hydrogens is 343 g/mol. The maximum atomic E-state index is 12.1. The SMILES string of the molecule is COc1ccc(C(=O)N[C@H]2CCCNC2)c(I)c1. The molecule has 1 fully saturated rings. The predicted octanol–water partition coefficient (Wildman–Crippen LogP) is 1.78. The standard InChI is InChI=1S/C13H17IN2O2/c1-18-10-4-5-11(12(14)7-10)13(17)16-9-3-2-6-15-8-9/h4-5,7,9,15H,2-3,6,8H2,1H3,(H,16,17)/t9-/m0/s1. The van der Waals surface area contributed by atoms with Crippen LogP contribution in [0.3, 0.4) is 0 Å². The summed E-state index contributed by atoms with van der Waals surface area (Å²) in [4.78, 5) is 12.1. The molecule has 1 heterocycles. The third-order valence-corrected chi connectivity index (χ3v) is 3.95. The molecule has 18 heavy (non-hydrogen) atoms. The number of piperidine rings is 1. The summed E-state index contributed by atoms with van der Waals surface area (Å²) in [5.41, 5.74) is 0.710. The van der Waals surface area contributed by atoms with Crippen LogP contribution in [0.5, 0.6) is 5.75 Å². The Morgan fingerprint density at radius 2 is 2.39 bits per heavy atom. The van der Waals surface area contributed by atoms with Crippen molar-refractivity contribution < 1.29 is 9.53 Å². The van der Waals surface area contributed by atoms with Crippen LogP contribution in [0.1, 0.15) is 23.2 Å². The Kier molecular flexibility index (Phi) is 4.82. The van der Waals surface area contributed by atoms with Crippen LogP contribution in [-0.4, -0.2) is 32.1 Å². The highest BCUT2D eigenvalue weighted by Crippen LogP contribution is 2.19. The minimum Gasteiger partial charge on any atom is -0.497 e. The average Bonchev–Trinajstić information content (AvgIpc) is 2.39. The molecule has 1 amide bonds. The molecule has 5 heteroatoms. The number of hydrogen-bond donors (Lipinski definition) is 2. The Morgan fingerprint density at radius 1 is 1.56 bits per heavy atom. The molecule has 4 nitrogen and oxygen atoms in total. The largest absolute Gasteiger partial charge is 0.497 e. The Morgan fingerprint density at radius 3 is 3.00 bits per heavy atom. The van der Waals surface area contributed by atoms with E-state index in [1.807, 2.05) is 18.2 Å². The van der Waals surface area contributed by atoms with Crippen molar-refractivity contribution in [3.63, 3.8) is 0 Å². The molecule has 1 aromatic rings. The number of amides is 1. The number of methoxy groups -OCH3 is 1. The van der Waals surface area contributed by atoms with Crippen LogP contribution in [0.25, 0.3) is 0 Å². The number of ether oxygens (including phenoxy) is 1. The van der Waals surface area contributed by atoms with E-state index >= 15 is 0 Å². The zero-order valence-electron chi connectivity index (χ0n) is 10.3. The number of carbonyl (C=O) groups excluding carboxylic acids is 1. The van der Waals surface area contributed by atoms with E-state index in [2.05, 4.69) is 33.2 Å². The lowest BCUT2D eigenvalue weighted by Gasteiger charge is -2.24. The van der Waals surface area contributed by atoms with Crippen molar-refractivity contribution in [2.45, 2.75) is 18.9 Å². The first-order valence-corrected chi connectivity index (χ1v) is 7.13. The van der Waals surface area contributed by atoms with E-state index in [0.29, 0.717) is 5.56 Å². The van der Waals surface area contributed by atoms with Crippen molar-refractivity contribution in [1.82, 2.24) is 10.6 Å². The maximum absolute atomic E-state index is 12.1. The topological polar surface area (TPSA) is 50.4 Å². The van der Waals surface area contributed by atoms with Crippen molar-refractivity contribution in [2.24, 2.45) is 0 Å². The van der Waals surface area contributed by atoms with Crippen LogP contribution in [0.15, 0.2) is 18.2 Å². The van der Waals surface area contributed by atoms with E-state index in [4.69, 9.17) is 4.74 Å². The predicted molar refractivity (Wildman–Crippen MR) is 79.1 cm³/mol. The molecule has 1 aliphatic heterocycles. The molecule has 98 valence electrons. The van der Waals surface area contributed by atoms with Gasteiger partial charge in [-0.3, -0.25) is 4.79 Å². The number of nitrogens with one attached hydrogen (secondary N) is 2. The Bertz CT molecular complexity index is 431. The molecule has 0 aromatic heterocycles. The van der Waals surface area contributed by atoms with E-state index in [9.17, 15) is 4.79 Å². The second-order valence-corrected chi connectivity index (χ2v) is 5.52. The Hall–Kier alpha value is -0.820. The van der Waals surface area contributed by atoms with E-state index in [1.165, 1.54) is 0 Å². The van der Waals surface area contributed by atoms with Gasteiger partial charge in [0.05, 0.1) is 12.7 Å². The number of benzene rings is 1. The second-order valence-electron chi connectivity index (χ2n) is 4.36. The maximum Gasteiger partial charge on any atom is 0.252 e. The highest BCUT2D eigenvalue weighted by molar-refractivity contribution is 14.1. The summed E-state index contributed by atoms with van der Waals surface area (Å²) in [6, 6.07) is 5.74. The average molecular weight is 360 g/mol. The fourth-order valence-corrected chi connectivity index (χ4v) is 2.78. The Balaban J connectivity index is 2.03. The van der Waals surface area contributed by atoms with Crippen LogP contribution in [0, 0.1) is 3.57 Å². The normalized spacial score (nSPS) is 19.3. The minimum absolute atomic E-state index is 0.00393. The van der Waals surface area contributed by atoms with Crippen LogP contribution in [0.2, 0.25) is 0 Å². The second kappa shape index (κ2) is 6.38. The van der Waals surface area contributed by atoms with Crippen molar-refractivity contribution in [3.05, 3.63) is 27.3 Å². The summed E-state index contributed by atoms with van der Waals surface area (Å²) < 4.78 is 6.04. The molecule has 0 saturated carbocycles. The summed E-state index contributed by atoms with van der Waals surface area (Å²) in [5.74, 6) is 0.769. The lowest BCUT2D eigenvalue weighted by molar-refractivity contribution is 0.0930. The van der Waals surface area contributed by atoms with Gasteiger partial charge in [0.15, 0.2) is 0 Å². The van der Waals surface area contributed by atoms with Crippen LogP contribution in [-0.2, 0) is 0 Å². The first kappa shape index (κ1) is 13.6. The quantitative estimate of drug-likeness (QED) is 0.809. The fourth-order valence-electron chi connectivity index (χ4n) is 2.05. The molecule has 0 spiro atoms. The van der Waals surface area contributed by atoms with Gasteiger partial charge >= 0.3 is 0 Å². The van der Waals surface area contributed by atoms with E-state index in [-0.39, 0.29) is 11.9 Å². The highest BCUT2D eigenvalue weighted by Gasteiger charge is 2.17. The number of carbonyl (C=O) groups is 1. The molecule has 0 bridgehead atoms. The summed E-state index contributed by atoms with van der Waals surface area (Å²) >= 11 is 2.16. The van der Waals surface area contributed by atoms with Gasteiger partial charge in [0.25, 0.3) is 5.91 Å². The lowest BCUT2D eigenvalue weighted by Crippen LogP contribution is -2.45. The van der Waals surface area contributed by atoms with E-state index < -0.39 is 0 Å². The van der Waals surface area contributed by atoms with Gasteiger partial charge in [-0.25, -0.2) is 0 Å². The number of hydrogen-bond acceptors (Lipinski definition) is 3. The molecular formula is C13H17IN2O2. The highest BCUT2D eigenvalue weighted by atomic mass is 127. The zero-order chi connectivity index (χ0) is 13.0. The van der Waals surface area contributed by atoms with Crippen molar-refractivity contribution in [1.29, 1.82) is 0 Å². The van der Waals surface area contributed by atoms with Crippen molar-refractivity contribution in [2.75, 3.05) is 20.2 Å². The van der Waals surface area contributed by atoms with Gasteiger partial charge in [0.1, 0.15) is 5.75 Å². The molecule has 2 rings (SSSR count). The Labute approximate surface area is 121 Å². The molecule has 1 aliphatic rings. The van der Waals surface area contributed by atoms with Gasteiger partial charge < -0.3 is 15.4 Å². The molecule has 1 aromatic carbocycles. The minimum atomic E-state index is -0.00393. The smallest absolute Gasteiger partial charge is 0.252 e. The number of halogens is 1. The van der Waals surface area contributed by atoms with E-state index in [0.717, 1.165) is 35.3 Å². The molecule has 2 N–H and O–H groups in total. The fraction of sp³-hybridized carbons (Fsp3) is 0.462. The van der Waals surface area contributed by atoms with Crippen molar-refractivity contribution in [3.8, 4) is 5.75 Å². The van der Waals surface area contributed by atoms with Crippen LogP contribution >= 0.6 is 22.6 Å². The van der Waals surface area contributed by atoms with Gasteiger partial charge in [0, 0.05) is 16.2 Å². The molecule has 1 atom stereocenters. The summed E-state index contributed by atoms with van der Waals surface area (Å²) in [6.45, 7) is 1.91. The van der Waals surface area contributed by atoms with Gasteiger partial charge in [-0.15, -0.1) is 0 Å². The van der Waals surface area contributed by atoms with Gasteiger partial charge in [-0.1, -0.05) is 0 Å². The van der Waals surface area contributed by atoms with Gasteiger partial charge in [-0.2, -0.15) is 0 Å². The molecule has 0 unspecified atom stereocenters. The van der Waals surface area contributed by atoms with Gasteiger partial charge in [0.2, 0.25) is 0 Å². The molecule has 0 radical (unpaired) electrons. The first-order chi connectivity index (χ1) is 8.70. The van der Waals surface area contributed by atoms with Crippen LogP contribution < -0.4 is 15.4 Å². The summed E-state index contributed by atoms with van der Waals surface area (Å²) in [5, 5.41) is 6.35. The third kappa shape index (κ3) is 3.35. The number of rotatable bonds is 3. The summed E-state index contributed by atoms with van der Waals surface area (Å²) in [7, 11) is 1.62. The van der Waals surface area contributed by atoms with Crippen LogP contribution in [0.4, 0.5) is 0 Å². The van der Waals surface area contributed by atoms with Gasteiger partial charge in [-0.05, 0) is 60.2 Å². The molecule has 0 aliphatic carbocycles.